The average Bonchev–Trinajstić information content (AvgIpc) is 3.45. The number of nitrogens with zero attached hydrogens (tertiary/aromatic N) is 1. The highest BCUT2D eigenvalue weighted by atomic mass is 16.5. The number of Topliss-reactive ketones (excluding diaryl/α,β-unsaturated/α-hetero) is 1. The first-order valence-corrected chi connectivity index (χ1v) is 11.6. The van der Waals surface area contributed by atoms with Crippen molar-refractivity contribution in [1.82, 2.24) is 4.90 Å². The lowest BCUT2D eigenvalue weighted by Gasteiger charge is -2.31. The molecule has 3 aromatic carbocycles. The Balaban J connectivity index is 1.67. The third-order valence-corrected chi connectivity index (χ3v) is 6.71. The molecule has 2 fully saturated rings. The normalized spacial score (nSPS) is 20.6. The minimum absolute atomic E-state index is 0.0101. The Bertz CT molecular complexity index is 1260. The van der Waals surface area contributed by atoms with E-state index in [0.717, 1.165) is 42.0 Å². The molecule has 1 heterocycles. The monoisotopic (exact) mass is 441 g/mol. The minimum Gasteiger partial charge on any atom is -0.507 e. The Morgan fingerprint density at radius 3 is 2.48 bits per heavy atom. The largest absolute Gasteiger partial charge is 0.507 e. The highest BCUT2D eigenvalue weighted by molar-refractivity contribution is 6.46. The first-order chi connectivity index (χ1) is 16.1. The summed E-state index contributed by atoms with van der Waals surface area (Å²) in [6.45, 7) is 2.43. The Labute approximate surface area is 193 Å². The van der Waals surface area contributed by atoms with Crippen molar-refractivity contribution in [2.24, 2.45) is 0 Å². The lowest BCUT2D eigenvalue weighted by molar-refractivity contribution is -0.141. The summed E-state index contributed by atoms with van der Waals surface area (Å²) in [5.74, 6) is -0.612. The van der Waals surface area contributed by atoms with Crippen LogP contribution in [0.15, 0.2) is 72.3 Å². The zero-order valence-corrected chi connectivity index (χ0v) is 18.7. The second kappa shape index (κ2) is 8.74. The first-order valence-electron chi connectivity index (χ1n) is 11.6. The molecule has 33 heavy (non-hydrogen) atoms. The Morgan fingerprint density at radius 1 is 0.970 bits per heavy atom. The van der Waals surface area contributed by atoms with Gasteiger partial charge >= 0.3 is 0 Å². The maximum Gasteiger partial charge on any atom is 0.295 e. The molecule has 1 amide bonds. The van der Waals surface area contributed by atoms with Crippen LogP contribution in [0.2, 0.25) is 0 Å². The van der Waals surface area contributed by atoms with Crippen LogP contribution in [0.1, 0.15) is 49.8 Å². The number of ether oxygens (including phenoxy) is 1. The number of benzene rings is 3. The molecule has 0 aromatic heterocycles. The van der Waals surface area contributed by atoms with Crippen LogP contribution in [-0.2, 0) is 9.59 Å². The van der Waals surface area contributed by atoms with Crippen LogP contribution in [0, 0.1) is 0 Å². The number of rotatable bonds is 5. The van der Waals surface area contributed by atoms with Crippen LogP contribution >= 0.6 is 0 Å². The molecular weight excluding hydrogens is 414 g/mol. The third-order valence-electron chi connectivity index (χ3n) is 6.71. The molecule has 168 valence electrons. The van der Waals surface area contributed by atoms with E-state index in [1.165, 1.54) is 0 Å². The molecule has 0 bridgehead atoms. The second-order valence-corrected chi connectivity index (χ2v) is 8.71. The van der Waals surface area contributed by atoms with Gasteiger partial charge in [-0.3, -0.25) is 9.59 Å². The Hall–Kier alpha value is -3.60. The van der Waals surface area contributed by atoms with Crippen molar-refractivity contribution < 1.29 is 19.4 Å². The topological polar surface area (TPSA) is 66.8 Å². The molecular formula is C28H27NO4. The van der Waals surface area contributed by atoms with E-state index in [0.29, 0.717) is 17.9 Å². The number of carbonyl (C=O) groups is 2. The summed E-state index contributed by atoms with van der Waals surface area (Å²) in [4.78, 5) is 28.3. The number of hydrogen-bond acceptors (Lipinski definition) is 4. The summed E-state index contributed by atoms with van der Waals surface area (Å²) in [5, 5.41) is 13.4. The molecule has 1 unspecified atom stereocenters. The van der Waals surface area contributed by atoms with Crippen LogP contribution in [0.25, 0.3) is 16.5 Å². The molecule has 1 atom stereocenters. The lowest BCUT2D eigenvalue weighted by atomic mass is 9.94. The van der Waals surface area contributed by atoms with Gasteiger partial charge < -0.3 is 14.7 Å². The van der Waals surface area contributed by atoms with Crippen molar-refractivity contribution in [2.75, 3.05) is 6.61 Å². The smallest absolute Gasteiger partial charge is 0.295 e. The highest BCUT2D eigenvalue weighted by Gasteiger charge is 2.49. The molecule has 2 aliphatic rings. The average molecular weight is 442 g/mol. The number of aliphatic hydroxyl groups is 1. The van der Waals surface area contributed by atoms with Gasteiger partial charge in [0.15, 0.2) is 0 Å². The van der Waals surface area contributed by atoms with Crippen molar-refractivity contribution in [1.29, 1.82) is 0 Å². The summed E-state index contributed by atoms with van der Waals surface area (Å²) in [6, 6.07) is 20.3. The van der Waals surface area contributed by atoms with E-state index in [1.54, 1.807) is 11.0 Å². The van der Waals surface area contributed by atoms with Crippen LogP contribution in [0.3, 0.4) is 0 Å². The Morgan fingerprint density at radius 2 is 1.73 bits per heavy atom. The van der Waals surface area contributed by atoms with Crippen molar-refractivity contribution in [3.05, 3.63) is 83.4 Å². The fourth-order valence-corrected chi connectivity index (χ4v) is 5.17. The summed E-state index contributed by atoms with van der Waals surface area (Å²) in [6.07, 6.45) is 3.80. The van der Waals surface area contributed by atoms with Gasteiger partial charge in [-0.2, -0.15) is 0 Å². The van der Waals surface area contributed by atoms with Crippen molar-refractivity contribution in [2.45, 2.75) is 44.7 Å². The van der Waals surface area contributed by atoms with Gasteiger partial charge in [-0.05, 0) is 54.3 Å². The van der Waals surface area contributed by atoms with Crippen molar-refractivity contribution >= 4 is 28.2 Å². The van der Waals surface area contributed by atoms with Gasteiger partial charge in [-0.25, -0.2) is 0 Å². The van der Waals surface area contributed by atoms with Crippen LogP contribution < -0.4 is 4.74 Å². The van der Waals surface area contributed by atoms with Gasteiger partial charge in [-0.1, -0.05) is 61.4 Å². The molecule has 1 saturated carbocycles. The van der Waals surface area contributed by atoms with Gasteiger partial charge in [0.2, 0.25) is 0 Å². The van der Waals surface area contributed by atoms with Gasteiger partial charge in [0.25, 0.3) is 11.7 Å². The number of hydrogen-bond donors (Lipinski definition) is 1. The lowest BCUT2D eigenvalue weighted by Crippen LogP contribution is -2.37. The van der Waals surface area contributed by atoms with Crippen LogP contribution in [-0.4, -0.2) is 34.3 Å². The molecule has 5 nitrogen and oxygen atoms in total. The Kier molecular flexibility index (Phi) is 5.63. The molecule has 0 spiro atoms. The molecule has 0 radical (unpaired) electrons. The highest BCUT2D eigenvalue weighted by Crippen LogP contribution is 2.44. The van der Waals surface area contributed by atoms with Crippen molar-refractivity contribution in [3.63, 3.8) is 0 Å². The molecule has 1 aliphatic carbocycles. The predicted molar refractivity (Wildman–Crippen MR) is 128 cm³/mol. The fourth-order valence-electron chi connectivity index (χ4n) is 5.17. The molecule has 5 heteroatoms. The summed E-state index contributed by atoms with van der Waals surface area (Å²) in [5.41, 5.74) is 1.45. The van der Waals surface area contributed by atoms with Gasteiger partial charge in [0.05, 0.1) is 18.2 Å². The molecule has 3 aromatic rings. The number of likely N-dealkylation sites (tertiary alicyclic amines) is 1. The van der Waals surface area contributed by atoms with E-state index < -0.39 is 17.7 Å². The number of fused-ring (bicyclic) bond motifs is 1. The van der Waals surface area contributed by atoms with Gasteiger partial charge in [0.1, 0.15) is 11.5 Å². The van der Waals surface area contributed by atoms with E-state index in [9.17, 15) is 14.7 Å². The molecule has 1 saturated heterocycles. The minimum atomic E-state index is -0.639. The quantitative estimate of drug-likeness (QED) is 0.318. The maximum absolute atomic E-state index is 13.3. The van der Waals surface area contributed by atoms with Gasteiger partial charge in [-0.15, -0.1) is 0 Å². The molecule has 1 aliphatic heterocycles. The van der Waals surface area contributed by atoms with Gasteiger partial charge in [0, 0.05) is 11.6 Å². The summed E-state index contributed by atoms with van der Waals surface area (Å²) in [7, 11) is 0. The number of aliphatic hydroxyl groups excluding tert-OH is 1. The van der Waals surface area contributed by atoms with E-state index in [4.69, 9.17) is 4.74 Å². The van der Waals surface area contributed by atoms with E-state index in [-0.39, 0.29) is 17.4 Å². The van der Waals surface area contributed by atoms with E-state index in [1.807, 2.05) is 67.6 Å². The van der Waals surface area contributed by atoms with Crippen molar-refractivity contribution in [3.8, 4) is 5.75 Å². The molecule has 1 N–H and O–H groups in total. The maximum atomic E-state index is 13.3. The van der Waals surface area contributed by atoms with E-state index >= 15 is 0 Å². The predicted octanol–water partition coefficient (Wildman–Crippen LogP) is 5.60. The van der Waals surface area contributed by atoms with E-state index in [2.05, 4.69) is 0 Å². The number of carbonyl (C=O) groups excluding carboxylic acids is 2. The number of amides is 1. The number of ketones is 1. The third kappa shape index (κ3) is 3.78. The zero-order valence-electron chi connectivity index (χ0n) is 18.7. The van der Waals surface area contributed by atoms with Crippen LogP contribution in [0.4, 0.5) is 0 Å². The summed E-state index contributed by atoms with van der Waals surface area (Å²) >= 11 is 0. The zero-order chi connectivity index (χ0) is 22.9. The van der Waals surface area contributed by atoms with Crippen LogP contribution in [0.5, 0.6) is 5.75 Å². The standard InChI is InChI=1S/C28H27NO4/c1-2-33-23-13-7-10-20(17-23)25-24(27(31)28(32)29(25)22-11-5-6-12-22)26(30)21-15-14-18-8-3-4-9-19(18)16-21/h3-4,7-10,13-17,22,25,30H,2,5-6,11-12H2,1H3/b26-24-. The first kappa shape index (κ1) is 21.3. The molecule has 5 rings (SSSR count). The fraction of sp³-hybridized carbons (Fsp3) is 0.286. The summed E-state index contributed by atoms with van der Waals surface area (Å²) < 4.78 is 5.68. The second-order valence-electron chi connectivity index (χ2n) is 8.71. The SMILES string of the molecule is CCOc1cccc(C2/C(=C(/O)c3ccc4ccccc4c3)C(=O)C(=O)N2C2CCCC2)c1.